The van der Waals surface area contributed by atoms with Gasteiger partial charge in [-0.1, -0.05) is 53.0 Å². The van der Waals surface area contributed by atoms with E-state index >= 15 is 0 Å². The Morgan fingerprint density at radius 2 is 1.59 bits per heavy atom. The first kappa shape index (κ1) is 26.4. The second-order valence-corrected chi connectivity index (χ2v) is 9.08. The number of anilines is 1. The summed E-state index contributed by atoms with van der Waals surface area (Å²) in [5.74, 6) is -1.28. The third-order valence-corrected chi connectivity index (χ3v) is 6.68. The molecule has 0 spiro atoms. The zero-order valence-electron chi connectivity index (χ0n) is 20.7. The van der Waals surface area contributed by atoms with Crippen molar-refractivity contribution in [2.75, 3.05) is 25.7 Å². The van der Waals surface area contributed by atoms with Crippen molar-refractivity contribution in [2.24, 2.45) is 0 Å². The van der Waals surface area contributed by atoms with E-state index < -0.39 is 23.5 Å². The highest BCUT2D eigenvalue weighted by atomic mass is 35.5. The van der Waals surface area contributed by atoms with Crippen molar-refractivity contribution in [2.45, 2.75) is 19.9 Å². The van der Waals surface area contributed by atoms with Crippen LogP contribution in [0.5, 0.6) is 17.2 Å². The van der Waals surface area contributed by atoms with Crippen LogP contribution in [0.3, 0.4) is 0 Å². The highest BCUT2D eigenvalue weighted by molar-refractivity contribution is 6.52. The molecule has 0 radical (unpaired) electrons. The summed E-state index contributed by atoms with van der Waals surface area (Å²) in [4.78, 5) is 28.2. The first-order valence-electron chi connectivity index (χ1n) is 11.4. The van der Waals surface area contributed by atoms with E-state index in [1.807, 2.05) is 26.0 Å². The lowest BCUT2D eigenvalue weighted by molar-refractivity contribution is -0.132. The van der Waals surface area contributed by atoms with Gasteiger partial charge in [-0.3, -0.25) is 14.5 Å². The molecule has 37 heavy (non-hydrogen) atoms. The van der Waals surface area contributed by atoms with Crippen LogP contribution in [0.1, 0.15) is 29.7 Å². The lowest BCUT2D eigenvalue weighted by Crippen LogP contribution is -2.29. The average molecular weight is 542 g/mol. The molecule has 3 aromatic carbocycles. The van der Waals surface area contributed by atoms with E-state index in [4.69, 9.17) is 37.4 Å². The molecule has 9 heteroatoms. The summed E-state index contributed by atoms with van der Waals surface area (Å²) >= 11 is 12.8. The van der Waals surface area contributed by atoms with Gasteiger partial charge in [-0.2, -0.15) is 0 Å². The predicted molar refractivity (Wildman–Crippen MR) is 143 cm³/mol. The highest BCUT2D eigenvalue weighted by Gasteiger charge is 2.47. The maximum absolute atomic E-state index is 13.5. The molecule has 1 aliphatic rings. The Morgan fingerprint density at radius 1 is 0.973 bits per heavy atom. The number of carbonyl (C=O) groups is 2. The predicted octanol–water partition coefficient (Wildman–Crippen LogP) is 6.34. The summed E-state index contributed by atoms with van der Waals surface area (Å²) < 4.78 is 16.2. The van der Waals surface area contributed by atoms with Crippen LogP contribution in [0.4, 0.5) is 5.69 Å². The van der Waals surface area contributed by atoms with Gasteiger partial charge in [0.15, 0.2) is 11.5 Å². The van der Waals surface area contributed by atoms with Crippen LogP contribution in [-0.2, 0) is 9.59 Å². The average Bonchev–Trinajstić information content (AvgIpc) is 3.15. The zero-order chi connectivity index (χ0) is 26.9. The monoisotopic (exact) mass is 541 g/mol. The SMILES string of the molecule is CCOc1ccc(C2/C(=C(\O)c3cc(Cl)c(OC)c(Cl)c3OC)C(=O)C(=O)N2c2ccc(C)cc2)cc1. The lowest BCUT2D eigenvalue weighted by atomic mass is 9.94. The van der Waals surface area contributed by atoms with E-state index in [0.29, 0.717) is 23.6 Å². The van der Waals surface area contributed by atoms with Crippen molar-refractivity contribution in [3.8, 4) is 17.2 Å². The van der Waals surface area contributed by atoms with Crippen LogP contribution in [0.15, 0.2) is 60.2 Å². The van der Waals surface area contributed by atoms with Gasteiger partial charge in [-0.25, -0.2) is 0 Å². The van der Waals surface area contributed by atoms with Gasteiger partial charge in [0.25, 0.3) is 11.7 Å². The molecule has 4 rings (SSSR count). The van der Waals surface area contributed by atoms with E-state index in [1.165, 1.54) is 25.2 Å². The standard InChI is InChI=1S/C28H25Cl2NO6/c1-5-37-18-12-8-16(9-13-18)23-21(25(33)28(34)31(23)17-10-6-15(2)7-11-17)24(32)19-14-20(29)27(36-4)22(30)26(19)35-3/h6-14,23,32H,5H2,1-4H3/b24-21+. The summed E-state index contributed by atoms with van der Waals surface area (Å²) in [6.45, 7) is 4.28. The van der Waals surface area contributed by atoms with Crippen LogP contribution < -0.4 is 19.1 Å². The summed E-state index contributed by atoms with van der Waals surface area (Å²) in [5.41, 5.74) is 2.00. The Labute approximate surface area is 224 Å². The van der Waals surface area contributed by atoms with Crippen LogP contribution in [0.2, 0.25) is 10.0 Å². The largest absolute Gasteiger partial charge is 0.507 e. The number of Topliss-reactive ketones (excluding diaryl/α,β-unsaturated/α-hetero) is 1. The van der Waals surface area contributed by atoms with Crippen LogP contribution in [0.25, 0.3) is 5.76 Å². The van der Waals surface area contributed by atoms with Crippen molar-refractivity contribution in [1.82, 2.24) is 0 Å². The van der Waals surface area contributed by atoms with E-state index in [-0.39, 0.29) is 32.7 Å². The minimum atomic E-state index is -0.942. The molecule has 3 aromatic rings. The van der Waals surface area contributed by atoms with Gasteiger partial charge in [-0.05, 0) is 49.7 Å². The van der Waals surface area contributed by atoms with E-state index in [9.17, 15) is 14.7 Å². The van der Waals surface area contributed by atoms with Crippen LogP contribution in [-0.4, -0.2) is 37.6 Å². The molecule has 1 fully saturated rings. The first-order chi connectivity index (χ1) is 17.7. The quantitative estimate of drug-likeness (QED) is 0.213. The van der Waals surface area contributed by atoms with Gasteiger partial charge in [0.1, 0.15) is 16.5 Å². The minimum Gasteiger partial charge on any atom is -0.507 e. The number of methoxy groups -OCH3 is 2. The normalized spacial score (nSPS) is 16.7. The Bertz CT molecular complexity index is 1380. The molecular weight excluding hydrogens is 517 g/mol. The van der Waals surface area contributed by atoms with Gasteiger partial charge in [0.05, 0.1) is 43.0 Å². The minimum absolute atomic E-state index is 0.0180. The number of ketones is 1. The Morgan fingerprint density at radius 3 is 2.16 bits per heavy atom. The number of benzene rings is 3. The molecule has 1 amide bonds. The molecule has 1 atom stereocenters. The number of halogens is 2. The topological polar surface area (TPSA) is 85.3 Å². The summed E-state index contributed by atoms with van der Waals surface area (Å²) in [7, 11) is 2.76. The van der Waals surface area contributed by atoms with Crippen molar-refractivity contribution >= 4 is 46.3 Å². The number of hydrogen-bond acceptors (Lipinski definition) is 6. The number of aliphatic hydroxyl groups is 1. The number of hydrogen-bond donors (Lipinski definition) is 1. The molecule has 0 aliphatic carbocycles. The number of nitrogens with zero attached hydrogens (tertiary/aromatic N) is 1. The summed E-state index contributed by atoms with van der Waals surface area (Å²) in [6, 6.07) is 14.6. The first-order valence-corrected chi connectivity index (χ1v) is 12.2. The smallest absolute Gasteiger partial charge is 0.300 e. The van der Waals surface area contributed by atoms with Crippen molar-refractivity contribution < 1.29 is 28.9 Å². The van der Waals surface area contributed by atoms with E-state index in [0.717, 1.165) is 5.56 Å². The number of aliphatic hydroxyl groups excluding tert-OH is 1. The Kier molecular flexibility index (Phi) is 7.66. The van der Waals surface area contributed by atoms with E-state index in [1.54, 1.807) is 36.4 Å². The van der Waals surface area contributed by atoms with E-state index in [2.05, 4.69) is 0 Å². The Hall–Kier alpha value is -3.68. The molecule has 0 bridgehead atoms. The van der Waals surface area contributed by atoms with Crippen molar-refractivity contribution in [1.29, 1.82) is 0 Å². The van der Waals surface area contributed by atoms with Gasteiger partial charge in [0, 0.05) is 5.69 Å². The number of carbonyl (C=O) groups excluding carboxylic acids is 2. The molecule has 0 aromatic heterocycles. The zero-order valence-corrected chi connectivity index (χ0v) is 22.2. The van der Waals surface area contributed by atoms with Gasteiger partial charge >= 0.3 is 0 Å². The number of amides is 1. The third-order valence-electron chi connectivity index (χ3n) is 6.06. The fourth-order valence-corrected chi connectivity index (χ4v) is 5.01. The van der Waals surface area contributed by atoms with Crippen LogP contribution in [0, 0.1) is 6.92 Å². The molecule has 1 aliphatic heterocycles. The summed E-state index contributed by atoms with van der Waals surface area (Å²) in [5, 5.41) is 11.6. The molecule has 7 nitrogen and oxygen atoms in total. The third kappa shape index (κ3) is 4.72. The second-order valence-electron chi connectivity index (χ2n) is 8.29. The highest BCUT2D eigenvalue weighted by Crippen LogP contribution is 2.48. The lowest BCUT2D eigenvalue weighted by Gasteiger charge is -2.26. The van der Waals surface area contributed by atoms with Gasteiger partial charge < -0.3 is 19.3 Å². The van der Waals surface area contributed by atoms with Crippen molar-refractivity contribution in [3.63, 3.8) is 0 Å². The number of aryl methyl sites for hydroxylation is 1. The fourth-order valence-electron chi connectivity index (χ4n) is 4.32. The Balaban J connectivity index is 1.98. The maximum Gasteiger partial charge on any atom is 0.300 e. The summed E-state index contributed by atoms with van der Waals surface area (Å²) in [6.07, 6.45) is 0. The molecular formula is C28H25Cl2NO6. The van der Waals surface area contributed by atoms with Gasteiger partial charge in [-0.15, -0.1) is 0 Å². The molecule has 1 heterocycles. The molecule has 1 saturated heterocycles. The molecule has 0 saturated carbocycles. The molecule has 192 valence electrons. The molecule has 1 unspecified atom stereocenters. The number of rotatable bonds is 7. The second kappa shape index (κ2) is 10.7. The van der Waals surface area contributed by atoms with Crippen molar-refractivity contribution in [3.05, 3.63) is 86.9 Å². The number of ether oxygens (including phenoxy) is 3. The molecule has 1 N–H and O–H groups in total. The van der Waals surface area contributed by atoms with Crippen LogP contribution >= 0.6 is 23.2 Å². The maximum atomic E-state index is 13.5. The fraction of sp³-hybridized carbons (Fsp3) is 0.214. The van der Waals surface area contributed by atoms with Gasteiger partial charge in [0.2, 0.25) is 0 Å².